The molecule has 0 heterocycles. The molecule has 0 fully saturated rings. The smallest absolute Gasteiger partial charge is 0.0458 e. The first-order valence-electron chi connectivity index (χ1n) is 10.5. The molecule has 2 aromatic carbocycles. The van der Waals surface area contributed by atoms with E-state index in [1.807, 2.05) is 6.08 Å². The number of rotatable bonds is 5. The van der Waals surface area contributed by atoms with Crippen molar-refractivity contribution in [3.63, 3.8) is 0 Å². The zero-order chi connectivity index (χ0) is 19.2. The second-order valence-electron chi connectivity index (χ2n) is 7.61. The van der Waals surface area contributed by atoms with Gasteiger partial charge >= 0.3 is 0 Å². The zero-order valence-electron chi connectivity index (χ0n) is 16.6. The lowest BCUT2D eigenvalue weighted by Crippen LogP contribution is -2.21. The van der Waals surface area contributed by atoms with Crippen LogP contribution in [0.3, 0.4) is 0 Å². The van der Waals surface area contributed by atoms with E-state index in [1.165, 1.54) is 53.9 Å². The predicted octanol–water partition coefficient (Wildman–Crippen LogP) is 7.88. The van der Waals surface area contributed by atoms with Crippen molar-refractivity contribution in [1.82, 2.24) is 0 Å². The quantitative estimate of drug-likeness (QED) is 0.519. The molecule has 2 aliphatic rings. The Hall–Kier alpha value is -2.80. The van der Waals surface area contributed by atoms with Gasteiger partial charge in [-0.2, -0.15) is 0 Å². The second kappa shape index (κ2) is 8.93. The van der Waals surface area contributed by atoms with Crippen LogP contribution >= 0.6 is 0 Å². The third-order valence-corrected chi connectivity index (χ3v) is 5.64. The summed E-state index contributed by atoms with van der Waals surface area (Å²) >= 11 is 0. The van der Waals surface area contributed by atoms with Crippen LogP contribution in [-0.4, -0.2) is 0 Å². The molecule has 0 N–H and O–H groups in total. The van der Waals surface area contributed by atoms with Gasteiger partial charge < -0.3 is 4.90 Å². The Labute approximate surface area is 169 Å². The topological polar surface area (TPSA) is 3.24 Å². The second-order valence-corrected chi connectivity index (χ2v) is 7.61. The summed E-state index contributed by atoms with van der Waals surface area (Å²) in [6.07, 6.45) is 19.9. The van der Waals surface area contributed by atoms with Crippen LogP contribution in [0.4, 0.5) is 5.69 Å². The van der Waals surface area contributed by atoms with E-state index >= 15 is 0 Å². The Bertz CT molecular complexity index is 894. The van der Waals surface area contributed by atoms with Crippen molar-refractivity contribution in [3.05, 3.63) is 96.4 Å². The normalized spacial score (nSPS) is 16.7. The standard InChI is InChI=1S/C27H29N/c1-2-22-14-16-23(17-15-22)24-18-20-27(21-19-24)28(26-12-8-5-9-13-26)25-10-6-3-4-7-11-25/h2,8,10,12-21H,1,3-7,9,11H2. The highest BCUT2D eigenvalue weighted by Crippen LogP contribution is 2.33. The fourth-order valence-corrected chi connectivity index (χ4v) is 4.06. The van der Waals surface area contributed by atoms with Crippen molar-refractivity contribution < 1.29 is 0 Å². The summed E-state index contributed by atoms with van der Waals surface area (Å²) in [6.45, 7) is 3.84. The van der Waals surface area contributed by atoms with Gasteiger partial charge in [-0.1, -0.05) is 73.7 Å². The highest BCUT2D eigenvalue weighted by Gasteiger charge is 2.17. The SMILES string of the molecule is C=Cc1ccc(-c2ccc(N(C3=CCCC=C3)C3=CCCCCC3)cc2)cc1. The van der Waals surface area contributed by atoms with Gasteiger partial charge in [0.1, 0.15) is 0 Å². The van der Waals surface area contributed by atoms with E-state index in [-0.39, 0.29) is 0 Å². The average molecular weight is 368 g/mol. The maximum atomic E-state index is 3.84. The van der Waals surface area contributed by atoms with E-state index in [2.05, 4.69) is 84.3 Å². The highest BCUT2D eigenvalue weighted by atomic mass is 15.2. The Kier molecular flexibility index (Phi) is 5.92. The van der Waals surface area contributed by atoms with E-state index in [0.717, 1.165) is 24.8 Å². The number of anilines is 1. The summed E-state index contributed by atoms with van der Waals surface area (Å²) in [6, 6.07) is 17.6. The van der Waals surface area contributed by atoms with Crippen LogP contribution in [0, 0.1) is 0 Å². The molecule has 0 aromatic heterocycles. The van der Waals surface area contributed by atoms with Crippen molar-refractivity contribution in [1.29, 1.82) is 0 Å². The molecule has 0 spiro atoms. The fourth-order valence-electron chi connectivity index (χ4n) is 4.06. The summed E-state index contributed by atoms with van der Waals surface area (Å²) < 4.78 is 0. The molecule has 0 unspecified atom stereocenters. The van der Waals surface area contributed by atoms with Crippen LogP contribution in [0.25, 0.3) is 17.2 Å². The summed E-state index contributed by atoms with van der Waals surface area (Å²) in [5, 5.41) is 0. The van der Waals surface area contributed by atoms with Gasteiger partial charge in [-0.05, 0) is 73.4 Å². The molecule has 0 atom stereocenters. The average Bonchev–Trinajstić information content (AvgIpc) is 3.05. The van der Waals surface area contributed by atoms with Crippen molar-refractivity contribution in [2.45, 2.75) is 44.9 Å². The van der Waals surface area contributed by atoms with Crippen molar-refractivity contribution in [2.75, 3.05) is 4.90 Å². The molecule has 0 bridgehead atoms. The minimum Gasteiger partial charge on any atom is -0.315 e. The number of hydrogen-bond acceptors (Lipinski definition) is 1. The Morgan fingerprint density at radius 2 is 1.50 bits per heavy atom. The first-order valence-corrected chi connectivity index (χ1v) is 10.5. The van der Waals surface area contributed by atoms with Gasteiger partial charge in [-0.15, -0.1) is 0 Å². The molecule has 0 amide bonds. The molecule has 0 saturated heterocycles. The molecule has 28 heavy (non-hydrogen) atoms. The Balaban J connectivity index is 1.65. The molecular formula is C27H29N. The van der Waals surface area contributed by atoms with Crippen molar-refractivity contribution in [2.24, 2.45) is 0 Å². The zero-order valence-corrected chi connectivity index (χ0v) is 16.6. The Morgan fingerprint density at radius 1 is 0.750 bits per heavy atom. The molecular weight excluding hydrogens is 338 g/mol. The predicted molar refractivity (Wildman–Crippen MR) is 122 cm³/mol. The third kappa shape index (κ3) is 4.20. The van der Waals surface area contributed by atoms with Gasteiger partial charge in [-0.25, -0.2) is 0 Å². The lowest BCUT2D eigenvalue weighted by molar-refractivity contribution is 0.706. The summed E-state index contributed by atoms with van der Waals surface area (Å²) in [5.74, 6) is 0. The summed E-state index contributed by atoms with van der Waals surface area (Å²) in [5.41, 5.74) is 7.69. The number of nitrogens with zero attached hydrogens (tertiary/aromatic N) is 1. The molecule has 1 nitrogen and oxygen atoms in total. The van der Waals surface area contributed by atoms with Crippen LogP contribution in [0.5, 0.6) is 0 Å². The fraction of sp³-hybridized carbons (Fsp3) is 0.259. The van der Waals surface area contributed by atoms with Crippen molar-refractivity contribution in [3.8, 4) is 11.1 Å². The van der Waals surface area contributed by atoms with E-state index in [1.54, 1.807) is 0 Å². The molecule has 4 rings (SSSR count). The minimum absolute atomic E-state index is 1.13. The number of benzene rings is 2. The third-order valence-electron chi connectivity index (χ3n) is 5.64. The lowest BCUT2D eigenvalue weighted by atomic mass is 10.0. The molecule has 0 aliphatic heterocycles. The molecule has 1 heteroatoms. The maximum absolute atomic E-state index is 3.84. The minimum atomic E-state index is 1.13. The van der Waals surface area contributed by atoms with Crippen LogP contribution < -0.4 is 4.90 Å². The molecule has 2 aliphatic carbocycles. The molecule has 142 valence electrons. The molecule has 0 saturated carbocycles. The van der Waals surface area contributed by atoms with Gasteiger partial charge in [-0.3, -0.25) is 0 Å². The Morgan fingerprint density at radius 3 is 2.18 bits per heavy atom. The van der Waals surface area contributed by atoms with Gasteiger partial charge in [0, 0.05) is 17.1 Å². The largest absolute Gasteiger partial charge is 0.315 e. The van der Waals surface area contributed by atoms with Crippen LogP contribution in [0.2, 0.25) is 0 Å². The summed E-state index contributed by atoms with van der Waals surface area (Å²) in [7, 11) is 0. The van der Waals surface area contributed by atoms with E-state index in [0.29, 0.717) is 0 Å². The maximum Gasteiger partial charge on any atom is 0.0458 e. The van der Waals surface area contributed by atoms with Crippen LogP contribution in [-0.2, 0) is 0 Å². The summed E-state index contributed by atoms with van der Waals surface area (Å²) in [4.78, 5) is 2.48. The van der Waals surface area contributed by atoms with E-state index in [9.17, 15) is 0 Å². The molecule has 0 radical (unpaired) electrons. The van der Waals surface area contributed by atoms with E-state index < -0.39 is 0 Å². The first-order chi connectivity index (χ1) is 13.8. The first kappa shape index (κ1) is 18.6. The monoisotopic (exact) mass is 367 g/mol. The lowest BCUT2D eigenvalue weighted by Gasteiger charge is -2.30. The van der Waals surface area contributed by atoms with Gasteiger partial charge in [0.05, 0.1) is 0 Å². The van der Waals surface area contributed by atoms with Gasteiger partial charge in [0.25, 0.3) is 0 Å². The number of hydrogen-bond donors (Lipinski definition) is 0. The molecule has 2 aromatic rings. The van der Waals surface area contributed by atoms with Crippen LogP contribution in [0.15, 0.2) is 90.8 Å². The van der Waals surface area contributed by atoms with Gasteiger partial charge in [0.15, 0.2) is 0 Å². The number of allylic oxidation sites excluding steroid dienone is 5. The van der Waals surface area contributed by atoms with Crippen molar-refractivity contribution >= 4 is 11.8 Å². The van der Waals surface area contributed by atoms with Gasteiger partial charge in [0.2, 0.25) is 0 Å². The van der Waals surface area contributed by atoms with Crippen LogP contribution in [0.1, 0.15) is 50.5 Å². The highest BCUT2D eigenvalue weighted by molar-refractivity contribution is 5.70. The van der Waals surface area contributed by atoms with E-state index in [4.69, 9.17) is 0 Å².